The normalized spacial score (nSPS) is 18.4. The number of nitrogen functional groups attached to an aromatic ring is 1. The summed E-state index contributed by atoms with van der Waals surface area (Å²) < 4.78 is 5.47. The molecule has 4 heteroatoms. The van der Waals surface area contributed by atoms with Gasteiger partial charge in [0.1, 0.15) is 5.82 Å². The molecule has 0 radical (unpaired) electrons. The molecular formula is C15H25N3O. The fraction of sp³-hybridized carbons (Fsp3) is 0.667. The van der Waals surface area contributed by atoms with Gasteiger partial charge in [-0.05, 0) is 50.3 Å². The first-order chi connectivity index (χ1) is 9.22. The van der Waals surface area contributed by atoms with Gasteiger partial charge in [-0.2, -0.15) is 0 Å². The van der Waals surface area contributed by atoms with Crippen molar-refractivity contribution in [1.82, 2.24) is 10.3 Å². The van der Waals surface area contributed by atoms with Crippen LogP contribution in [0.25, 0.3) is 0 Å². The molecule has 1 saturated heterocycles. The van der Waals surface area contributed by atoms with Crippen molar-refractivity contribution in [3.63, 3.8) is 0 Å². The Kier molecular flexibility index (Phi) is 5.16. The highest BCUT2D eigenvalue weighted by Gasteiger charge is 2.26. The SMILES string of the molecule is CCCNC(c1cc(C)cnc1N)C1CCOCC1. The summed E-state index contributed by atoms with van der Waals surface area (Å²) in [5.41, 5.74) is 8.41. The third-order valence-electron chi connectivity index (χ3n) is 3.77. The summed E-state index contributed by atoms with van der Waals surface area (Å²) in [5, 5.41) is 3.65. The van der Waals surface area contributed by atoms with Crippen LogP contribution in [0.5, 0.6) is 0 Å². The Morgan fingerprint density at radius 2 is 2.21 bits per heavy atom. The van der Waals surface area contributed by atoms with Gasteiger partial charge in [0.05, 0.1) is 0 Å². The second kappa shape index (κ2) is 6.87. The minimum atomic E-state index is 0.302. The van der Waals surface area contributed by atoms with E-state index in [1.165, 1.54) is 5.56 Å². The Balaban J connectivity index is 2.22. The van der Waals surface area contributed by atoms with Gasteiger partial charge in [-0.25, -0.2) is 4.98 Å². The van der Waals surface area contributed by atoms with Crippen LogP contribution < -0.4 is 11.1 Å². The van der Waals surface area contributed by atoms with Crippen LogP contribution in [-0.2, 0) is 4.74 Å². The van der Waals surface area contributed by atoms with Crippen molar-refractivity contribution in [2.75, 3.05) is 25.5 Å². The molecule has 1 aliphatic rings. The molecule has 4 nitrogen and oxygen atoms in total. The smallest absolute Gasteiger partial charge is 0.128 e. The van der Waals surface area contributed by atoms with Crippen molar-refractivity contribution in [3.8, 4) is 0 Å². The minimum absolute atomic E-state index is 0.302. The molecule has 0 aliphatic carbocycles. The Labute approximate surface area is 115 Å². The number of aromatic nitrogens is 1. The number of hydrogen-bond donors (Lipinski definition) is 2. The van der Waals surface area contributed by atoms with Gasteiger partial charge in [0.2, 0.25) is 0 Å². The number of pyridine rings is 1. The second-order valence-electron chi connectivity index (χ2n) is 5.37. The van der Waals surface area contributed by atoms with Crippen LogP contribution in [0.4, 0.5) is 5.82 Å². The van der Waals surface area contributed by atoms with E-state index in [9.17, 15) is 0 Å². The van der Waals surface area contributed by atoms with Crippen molar-refractivity contribution in [2.45, 2.75) is 39.2 Å². The van der Waals surface area contributed by atoms with Crippen LogP contribution in [0.3, 0.4) is 0 Å². The summed E-state index contributed by atoms with van der Waals surface area (Å²) in [4.78, 5) is 4.31. The van der Waals surface area contributed by atoms with E-state index in [2.05, 4.69) is 30.2 Å². The minimum Gasteiger partial charge on any atom is -0.383 e. The summed E-state index contributed by atoms with van der Waals surface area (Å²) >= 11 is 0. The number of nitrogens with one attached hydrogen (secondary N) is 1. The van der Waals surface area contributed by atoms with Crippen molar-refractivity contribution < 1.29 is 4.74 Å². The Bertz CT molecular complexity index is 402. The van der Waals surface area contributed by atoms with E-state index >= 15 is 0 Å². The molecule has 106 valence electrons. The lowest BCUT2D eigenvalue weighted by atomic mass is 9.86. The maximum atomic E-state index is 6.09. The summed E-state index contributed by atoms with van der Waals surface area (Å²) in [6.07, 6.45) is 5.14. The summed E-state index contributed by atoms with van der Waals surface area (Å²) in [6.45, 7) is 6.97. The molecule has 2 heterocycles. The third kappa shape index (κ3) is 3.67. The average Bonchev–Trinajstić information content (AvgIpc) is 2.44. The molecule has 0 aromatic carbocycles. The van der Waals surface area contributed by atoms with Crippen molar-refractivity contribution in [1.29, 1.82) is 0 Å². The molecule has 0 amide bonds. The third-order valence-corrected chi connectivity index (χ3v) is 3.77. The zero-order valence-corrected chi connectivity index (χ0v) is 12.0. The van der Waals surface area contributed by atoms with E-state index in [1.54, 1.807) is 0 Å². The van der Waals surface area contributed by atoms with Crippen LogP contribution in [0.1, 0.15) is 43.4 Å². The van der Waals surface area contributed by atoms with Gasteiger partial charge >= 0.3 is 0 Å². The van der Waals surface area contributed by atoms with Gasteiger partial charge in [0, 0.05) is 31.0 Å². The van der Waals surface area contributed by atoms with Crippen LogP contribution >= 0.6 is 0 Å². The molecule has 1 unspecified atom stereocenters. The number of ether oxygens (including phenoxy) is 1. The van der Waals surface area contributed by atoms with E-state index in [-0.39, 0.29) is 0 Å². The predicted octanol–water partition coefficient (Wildman–Crippen LogP) is 2.44. The van der Waals surface area contributed by atoms with E-state index in [1.807, 2.05) is 6.20 Å². The quantitative estimate of drug-likeness (QED) is 0.856. The second-order valence-corrected chi connectivity index (χ2v) is 5.37. The van der Waals surface area contributed by atoms with Gasteiger partial charge in [-0.1, -0.05) is 6.92 Å². The highest BCUT2D eigenvalue weighted by atomic mass is 16.5. The zero-order chi connectivity index (χ0) is 13.7. The van der Waals surface area contributed by atoms with Gasteiger partial charge in [0.25, 0.3) is 0 Å². The van der Waals surface area contributed by atoms with Crippen LogP contribution in [0, 0.1) is 12.8 Å². The number of hydrogen-bond acceptors (Lipinski definition) is 4. The van der Waals surface area contributed by atoms with Crippen LogP contribution in [0.2, 0.25) is 0 Å². The fourth-order valence-corrected chi connectivity index (χ4v) is 2.73. The van der Waals surface area contributed by atoms with Gasteiger partial charge in [-0.15, -0.1) is 0 Å². The maximum absolute atomic E-state index is 6.09. The van der Waals surface area contributed by atoms with Crippen molar-refractivity contribution in [2.24, 2.45) is 5.92 Å². The van der Waals surface area contributed by atoms with Crippen molar-refractivity contribution >= 4 is 5.82 Å². The van der Waals surface area contributed by atoms with E-state index in [0.29, 0.717) is 17.8 Å². The topological polar surface area (TPSA) is 60.2 Å². The van der Waals surface area contributed by atoms with Crippen LogP contribution in [-0.4, -0.2) is 24.7 Å². The summed E-state index contributed by atoms with van der Waals surface area (Å²) in [5.74, 6) is 1.25. The molecular weight excluding hydrogens is 238 g/mol. The Morgan fingerprint density at radius 1 is 1.47 bits per heavy atom. The molecule has 19 heavy (non-hydrogen) atoms. The number of aryl methyl sites for hydroxylation is 1. The number of rotatable bonds is 5. The summed E-state index contributed by atoms with van der Waals surface area (Å²) in [7, 11) is 0. The standard InChI is InChI=1S/C15H25N3O/c1-3-6-17-14(12-4-7-19-8-5-12)13-9-11(2)10-18-15(13)16/h9-10,12,14,17H,3-8H2,1-2H3,(H2,16,18). The Hall–Kier alpha value is -1.13. The highest BCUT2D eigenvalue weighted by molar-refractivity contribution is 5.43. The predicted molar refractivity (Wildman–Crippen MR) is 78.0 cm³/mol. The van der Waals surface area contributed by atoms with Crippen LogP contribution in [0.15, 0.2) is 12.3 Å². The first-order valence-electron chi connectivity index (χ1n) is 7.25. The Morgan fingerprint density at radius 3 is 2.89 bits per heavy atom. The van der Waals surface area contributed by atoms with Crippen molar-refractivity contribution in [3.05, 3.63) is 23.4 Å². The molecule has 0 saturated carbocycles. The lowest BCUT2D eigenvalue weighted by molar-refractivity contribution is 0.0536. The largest absolute Gasteiger partial charge is 0.383 e. The highest BCUT2D eigenvalue weighted by Crippen LogP contribution is 2.32. The van der Waals surface area contributed by atoms with E-state index in [0.717, 1.165) is 44.6 Å². The molecule has 1 fully saturated rings. The fourth-order valence-electron chi connectivity index (χ4n) is 2.73. The maximum Gasteiger partial charge on any atom is 0.128 e. The zero-order valence-electron chi connectivity index (χ0n) is 12.0. The first-order valence-corrected chi connectivity index (χ1v) is 7.25. The molecule has 3 N–H and O–H groups in total. The lowest BCUT2D eigenvalue weighted by Gasteiger charge is -2.32. The molecule has 0 spiro atoms. The van der Waals surface area contributed by atoms with Gasteiger partial charge in [0.15, 0.2) is 0 Å². The summed E-state index contributed by atoms with van der Waals surface area (Å²) in [6, 6.07) is 2.47. The lowest BCUT2D eigenvalue weighted by Crippen LogP contribution is -2.33. The van der Waals surface area contributed by atoms with Gasteiger partial charge < -0.3 is 15.8 Å². The molecule has 2 rings (SSSR count). The van der Waals surface area contributed by atoms with Gasteiger partial charge in [-0.3, -0.25) is 0 Å². The molecule has 1 aromatic rings. The average molecular weight is 263 g/mol. The first kappa shape index (κ1) is 14.3. The molecule has 1 atom stereocenters. The molecule has 0 bridgehead atoms. The van der Waals surface area contributed by atoms with E-state index in [4.69, 9.17) is 10.5 Å². The molecule has 1 aromatic heterocycles. The molecule has 1 aliphatic heterocycles. The van der Waals surface area contributed by atoms with E-state index < -0.39 is 0 Å². The number of nitrogens with two attached hydrogens (primary N) is 1. The number of nitrogens with zero attached hydrogens (tertiary/aromatic N) is 1. The monoisotopic (exact) mass is 263 g/mol. The number of anilines is 1.